The van der Waals surface area contributed by atoms with E-state index in [-0.39, 0.29) is 15.6 Å². The summed E-state index contributed by atoms with van der Waals surface area (Å²) in [5.74, 6) is -1.52. The standard InChI is InChI=1S/C28H26N2O8S/c1-6-13-38-17-9-7-16(8-10-17)23(31)21-22(19-12-11-18(35-3)14-20(19)36-4)30(26(33)24(21)32)28-29-15(2)25(39-28)27(34)37-5/h6-12,14,22,31H,1,13H2,2-5H3/b23-21+. The number of hydrogen-bond acceptors (Lipinski definition) is 10. The summed E-state index contributed by atoms with van der Waals surface area (Å²) in [5.41, 5.74) is 0.856. The van der Waals surface area contributed by atoms with E-state index in [2.05, 4.69) is 11.6 Å². The fourth-order valence-electron chi connectivity index (χ4n) is 4.16. The number of hydrogen-bond donors (Lipinski definition) is 1. The van der Waals surface area contributed by atoms with Gasteiger partial charge in [-0.3, -0.25) is 14.5 Å². The molecular formula is C28H26N2O8S. The van der Waals surface area contributed by atoms with Gasteiger partial charge >= 0.3 is 11.9 Å². The van der Waals surface area contributed by atoms with Gasteiger partial charge in [-0.2, -0.15) is 0 Å². The van der Waals surface area contributed by atoms with Crippen LogP contribution in [0.25, 0.3) is 5.76 Å². The van der Waals surface area contributed by atoms with Crippen molar-refractivity contribution in [2.45, 2.75) is 13.0 Å². The molecule has 10 nitrogen and oxygen atoms in total. The van der Waals surface area contributed by atoms with Crippen LogP contribution in [0.1, 0.15) is 32.5 Å². The number of carbonyl (C=O) groups excluding carboxylic acids is 3. The molecule has 2 aromatic carbocycles. The number of ether oxygens (including phenoxy) is 4. The molecule has 0 radical (unpaired) electrons. The maximum atomic E-state index is 13.5. The van der Waals surface area contributed by atoms with Crippen LogP contribution < -0.4 is 19.1 Å². The van der Waals surface area contributed by atoms with Gasteiger partial charge in [-0.05, 0) is 43.3 Å². The highest BCUT2D eigenvalue weighted by molar-refractivity contribution is 7.17. The molecule has 4 rings (SSSR count). The second-order valence-corrected chi connectivity index (χ2v) is 9.28. The normalized spacial score (nSPS) is 16.2. The number of ketones is 1. The molecule has 0 aliphatic carbocycles. The molecule has 1 saturated heterocycles. The molecule has 3 aromatic rings. The monoisotopic (exact) mass is 550 g/mol. The Balaban J connectivity index is 1.93. The Bertz CT molecular complexity index is 1480. The topological polar surface area (TPSA) is 124 Å². The fourth-order valence-corrected chi connectivity index (χ4v) is 5.17. The van der Waals surface area contributed by atoms with Gasteiger partial charge in [0.15, 0.2) is 5.13 Å². The number of nitrogens with zero attached hydrogens (tertiary/aromatic N) is 2. The molecular weight excluding hydrogens is 524 g/mol. The van der Waals surface area contributed by atoms with E-state index in [4.69, 9.17) is 18.9 Å². The third kappa shape index (κ3) is 5.08. The number of aliphatic hydroxyl groups excluding tert-OH is 1. The van der Waals surface area contributed by atoms with Crippen molar-refractivity contribution in [3.8, 4) is 17.2 Å². The summed E-state index contributed by atoms with van der Waals surface area (Å²) < 4.78 is 21.2. The number of aromatic nitrogens is 1. The molecule has 1 amide bonds. The van der Waals surface area contributed by atoms with Crippen LogP contribution in [0.2, 0.25) is 0 Å². The van der Waals surface area contributed by atoms with Crippen LogP contribution in [-0.4, -0.2) is 55.7 Å². The number of benzene rings is 2. The Kier molecular flexibility index (Phi) is 8.01. The smallest absolute Gasteiger partial charge is 0.350 e. The van der Waals surface area contributed by atoms with Crippen LogP contribution in [0.15, 0.2) is 60.7 Å². The van der Waals surface area contributed by atoms with Gasteiger partial charge in [-0.1, -0.05) is 24.0 Å². The second-order valence-electron chi connectivity index (χ2n) is 8.30. The minimum atomic E-state index is -1.13. The molecule has 1 atom stereocenters. The molecule has 202 valence electrons. The van der Waals surface area contributed by atoms with Gasteiger partial charge in [0.2, 0.25) is 0 Å². The first-order valence-electron chi connectivity index (χ1n) is 11.7. The zero-order valence-corrected chi connectivity index (χ0v) is 22.5. The summed E-state index contributed by atoms with van der Waals surface area (Å²) in [5, 5.41) is 11.5. The highest BCUT2D eigenvalue weighted by Gasteiger charge is 2.49. The van der Waals surface area contributed by atoms with E-state index in [1.165, 1.54) is 21.3 Å². The van der Waals surface area contributed by atoms with Crippen molar-refractivity contribution in [3.63, 3.8) is 0 Å². The Morgan fingerprint density at radius 1 is 1.10 bits per heavy atom. The van der Waals surface area contributed by atoms with E-state index in [1.807, 2.05) is 0 Å². The number of carbonyl (C=O) groups is 3. The number of rotatable bonds is 9. The number of esters is 1. The lowest BCUT2D eigenvalue weighted by molar-refractivity contribution is -0.132. The van der Waals surface area contributed by atoms with Crippen LogP contribution >= 0.6 is 11.3 Å². The van der Waals surface area contributed by atoms with Crippen LogP contribution in [0.3, 0.4) is 0 Å². The highest BCUT2D eigenvalue weighted by atomic mass is 32.1. The Hall–Kier alpha value is -4.64. The number of thiazole rings is 1. The molecule has 0 bridgehead atoms. The van der Waals surface area contributed by atoms with Crippen molar-refractivity contribution in [1.82, 2.24) is 4.98 Å². The molecule has 2 heterocycles. The second kappa shape index (κ2) is 11.4. The summed E-state index contributed by atoms with van der Waals surface area (Å²) in [7, 11) is 4.17. The minimum absolute atomic E-state index is 0.0881. The largest absolute Gasteiger partial charge is 0.507 e. The number of Topliss-reactive ketones (excluding diaryl/α,β-unsaturated/α-hetero) is 1. The molecule has 0 saturated carbocycles. The number of anilines is 1. The van der Waals surface area contributed by atoms with Crippen LogP contribution in [0.5, 0.6) is 17.2 Å². The zero-order valence-electron chi connectivity index (χ0n) is 21.7. The molecule has 0 spiro atoms. The number of aryl methyl sites for hydroxylation is 1. The predicted molar refractivity (Wildman–Crippen MR) is 145 cm³/mol. The van der Waals surface area contributed by atoms with Crippen molar-refractivity contribution >= 4 is 39.9 Å². The molecule has 1 aliphatic heterocycles. The first-order valence-corrected chi connectivity index (χ1v) is 12.5. The molecule has 1 aliphatic rings. The summed E-state index contributed by atoms with van der Waals surface area (Å²) in [4.78, 5) is 44.9. The van der Waals surface area contributed by atoms with Gasteiger partial charge in [0.05, 0.1) is 32.6 Å². The molecule has 1 fully saturated rings. The van der Waals surface area contributed by atoms with E-state index in [0.29, 0.717) is 40.7 Å². The number of amides is 1. The van der Waals surface area contributed by atoms with Crippen molar-refractivity contribution in [1.29, 1.82) is 0 Å². The SMILES string of the molecule is C=CCOc1ccc(/C(O)=C2\C(=O)C(=O)N(c3nc(C)c(C(=O)OC)s3)C2c2ccc(OC)cc2OC)cc1. The van der Waals surface area contributed by atoms with Crippen LogP contribution in [-0.2, 0) is 14.3 Å². The fraction of sp³-hybridized carbons (Fsp3) is 0.214. The zero-order chi connectivity index (χ0) is 28.3. The highest BCUT2D eigenvalue weighted by Crippen LogP contribution is 2.47. The van der Waals surface area contributed by atoms with Crippen molar-refractivity contribution in [2.75, 3.05) is 32.8 Å². The van der Waals surface area contributed by atoms with E-state index in [1.54, 1.807) is 55.5 Å². The first kappa shape index (κ1) is 27.4. The van der Waals surface area contributed by atoms with Gasteiger partial charge in [0, 0.05) is 17.2 Å². The minimum Gasteiger partial charge on any atom is -0.507 e. The van der Waals surface area contributed by atoms with Crippen molar-refractivity contribution in [2.24, 2.45) is 0 Å². The van der Waals surface area contributed by atoms with E-state index >= 15 is 0 Å². The molecule has 1 aromatic heterocycles. The lowest BCUT2D eigenvalue weighted by Gasteiger charge is -2.24. The summed E-state index contributed by atoms with van der Waals surface area (Å²) in [6.07, 6.45) is 1.60. The third-order valence-corrected chi connectivity index (χ3v) is 7.17. The van der Waals surface area contributed by atoms with Crippen molar-refractivity contribution in [3.05, 3.63) is 82.4 Å². The van der Waals surface area contributed by atoms with E-state index in [9.17, 15) is 19.5 Å². The lowest BCUT2D eigenvalue weighted by Crippen LogP contribution is -2.29. The summed E-state index contributed by atoms with van der Waals surface area (Å²) >= 11 is 0.907. The van der Waals surface area contributed by atoms with Gasteiger partial charge in [0.1, 0.15) is 40.5 Å². The Labute approximate surface area is 228 Å². The average Bonchev–Trinajstić information content (AvgIpc) is 3.46. The summed E-state index contributed by atoms with van der Waals surface area (Å²) in [6.45, 7) is 5.51. The first-order chi connectivity index (χ1) is 18.7. The predicted octanol–water partition coefficient (Wildman–Crippen LogP) is 4.45. The average molecular weight is 551 g/mol. The van der Waals surface area contributed by atoms with Gasteiger partial charge in [-0.15, -0.1) is 0 Å². The van der Waals surface area contributed by atoms with Gasteiger partial charge < -0.3 is 24.1 Å². The lowest BCUT2D eigenvalue weighted by atomic mass is 9.94. The van der Waals surface area contributed by atoms with Crippen LogP contribution in [0, 0.1) is 6.92 Å². The van der Waals surface area contributed by atoms with Gasteiger partial charge in [-0.25, -0.2) is 9.78 Å². The number of methoxy groups -OCH3 is 3. The molecule has 1 N–H and O–H groups in total. The molecule has 11 heteroatoms. The van der Waals surface area contributed by atoms with Crippen LogP contribution in [0.4, 0.5) is 5.13 Å². The maximum absolute atomic E-state index is 13.5. The quantitative estimate of drug-likeness (QED) is 0.135. The molecule has 39 heavy (non-hydrogen) atoms. The maximum Gasteiger partial charge on any atom is 0.350 e. The number of aliphatic hydroxyl groups is 1. The van der Waals surface area contributed by atoms with Crippen molar-refractivity contribution < 1.29 is 38.4 Å². The summed E-state index contributed by atoms with van der Waals surface area (Å²) in [6, 6.07) is 10.2. The molecule has 1 unspecified atom stereocenters. The van der Waals surface area contributed by atoms with E-state index < -0.39 is 29.5 Å². The van der Waals surface area contributed by atoms with Gasteiger partial charge in [0.25, 0.3) is 5.78 Å². The third-order valence-electron chi connectivity index (χ3n) is 6.04. The Morgan fingerprint density at radius 3 is 2.41 bits per heavy atom. The van der Waals surface area contributed by atoms with E-state index in [0.717, 1.165) is 16.2 Å². The Morgan fingerprint density at radius 2 is 1.79 bits per heavy atom.